The van der Waals surface area contributed by atoms with Gasteiger partial charge in [-0.1, -0.05) is 0 Å². The van der Waals surface area contributed by atoms with Crippen molar-refractivity contribution in [2.75, 3.05) is 6.61 Å². The first-order valence-corrected chi connectivity index (χ1v) is 6.09. The highest BCUT2D eigenvalue weighted by Crippen LogP contribution is 2.41. The summed E-state index contributed by atoms with van der Waals surface area (Å²) in [7, 11) is 0. The van der Waals surface area contributed by atoms with E-state index in [0.29, 0.717) is 5.92 Å². The molecule has 0 bridgehead atoms. The molecule has 0 radical (unpaired) electrons. The quantitative estimate of drug-likeness (QED) is 0.763. The number of ether oxygens (including phenoxy) is 1. The van der Waals surface area contributed by atoms with Crippen LogP contribution in [0.15, 0.2) is 6.20 Å². The highest BCUT2D eigenvalue weighted by molar-refractivity contribution is 5.90. The molecule has 0 saturated heterocycles. The maximum absolute atomic E-state index is 13.1. The van der Waals surface area contributed by atoms with Crippen LogP contribution >= 0.6 is 0 Å². The monoisotopic (exact) mass is 258 g/mol. The van der Waals surface area contributed by atoms with Crippen LogP contribution in [-0.2, 0) is 4.74 Å². The Morgan fingerprint density at radius 1 is 1.61 bits per heavy atom. The molecule has 100 valence electrons. The lowest BCUT2D eigenvalue weighted by atomic mass is 10.2. The summed E-state index contributed by atoms with van der Waals surface area (Å²) in [6.07, 6.45) is 0.503. The first-order valence-electron chi connectivity index (χ1n) is 6.09. The minimum absolute atomic E-state index is 0.0998. The lowest BCUT2D eigenvalue weighted by Crippen LogP contribution is -2.15. The van der Waals surface area contributed by atoms with Gasteiger partial charge in [-0.25, -0.2) is 13.6 Å². The van der Waals surface area contributed by atoms with Crippen molar-refractivity contribution in [3.8, 4) is 0 Å². The molecule has 0 spiro atoms. The molecule has 0 amide bonds. The number of carbonyl (C=O) groups excluding carboxylic acids is 1. The molecule has 0 aromatic carbocycles. The highest BCUT2D eigenvalue weighted by Gasteiger charge is 2.34. The fourth-order valence-electron chi connectivity index (χ4n) is 2.06. The Balaban J connectivity index is 2.33. The van der Waals surface area contributed by atoms with Crippen molar-refractivity contribution in [1.82, 2.24) is 9.78 Å². The summed E-state index contributed by atoms with van der Waals surface area (Å²) < 4.78 is 32.2. The van der Waals surface area contributed by atoms with E-state index in [4.69, 9.17) is 4.74 Å². The van der Waals surface area contributed by atoms with Crippen molar-refractivity contribution in [3.63, 3.8) is 0 Å². The van der Waals surface area contributed by atoms with Gasteiger partial charge >= 0.3 is 5.97 Å². The first-order chi connectivity index (χ1) is 8.56. The number of rotatable bonds is 5. The van der Waals surface area contributed by atoms with Crippen molar-refractivity contribution in [3.05, 3.63) is 17.5 Å². The second-order valence-electron chi connectivity index (χ2n) is 4.49. The molecule has 18 heavy (non-hydrogen) atoms. The minimum atomic E-state index is -2.73. The zero-order valence-corrected chi connectivity index (χ0v) is 10.4. The van der Waals surface area contributed by atoms with Gasteiger partial charge in [0, 0.05) is 0 Å². The van der Waals surface area contributed by atoms with Gasteiger partial charge in [-0.15, -0.1) is 0 Å². The second kappa shape index (κ2) is 5.04. The van der Waals surface area contributed by atoms with E-state index in [9.17, 15) is 13.6 Å². The van der Waals surface area contributed by atoms with Crippen molar-refractivity contribution < 1.29 is 18.3 Å². The van der Waals surface area contributed by atoms with Gasteiger partial charge in [-0.3, -0.25) is 4.68 Å². The van der Waals surface area contributed by atoms with E-state index < -0.39 is 12.4 Å². The van der Waals surface area contributed by atoms with Gasteiger partial charge in [0.2, 0.25) is 0 Å². The Bertz CT molecular complexity index is 441. The van der Waals surface area contributed by atoms with Crippen LogP contribution in [0.25, 0.3) is 0 Å². The van der Waals surface area contributed by atoms with E-state index in [-0.39, 0.29) is 23.9 Å². The van der Waals surface area contributed by atoms with E-state index >= 15 is 0 Å². The average molecular weight is 258 g/mol. The summed E-state index contributed by atoms with van der Waals surface area (Å²) in [5.41, 5.74) is -0.452. The molecule has 1 aliphatic carbocycles. The van der Waals surface area contributed by atoms with Crippen LogP contribution in [0, 0.1) is 5.92 Å². The number of alkyl halides is 2. The van der Waals surface area contributed by atoms with Crippen molar-refractivity contribution in [1.29, 1.82) is 0 Å². The van der Waals surface area contributed by atoms with Crippen molar-refractivity contribution in [2.45, 2.75) is 39.2 Å². The van der Waals surface area contributed by atoms with E-state index in [1.807, 2.05) is 6.92 Å². The Hall–Kier alpha value is -1.46. The van der Waals surface area contributed by atoms with E-state index in [2.05, 4.69) is 5.10 Å². The fraction of sp³-hybridized carbons (Fsp3) is 0.667. The summed E-state index contributed by atoms with van der Waals surface area (Å²) in [5, 5.41) is 3.94. The summed E-state index contributed by atoms with van der Waals surface area (Å²) >= 11 is 0. The first kappa shape index (κ1) is 13.0. The Labute approximate surface area is 104 Å². The molecular formula is C12H16F2N2O2. The molecule has 1 aromatic rings. The van der Waals surface area contributed by atoms with Crippen LogP contribution in [0.2, 0.25) is 0 Å². The molecule has 4 nitrogen and oxygen atoms in total. The van der Waals surface area contributed by atoms with E-state index in [1.165, 1.54) is 10.9 Å². The van der Waals surface area contributed by atoms with Crippen LogP contribution < -0.4 is 0 Å². The molecule has 1 aromatic heterocycles. The maximum Gasteiger partial charge on any atom is 0.341 e. The molecule has 1 heterocycles. The minimum Gasteiger partial charge on any atom is -0.462 e. The van der Waals surface area contributed by atoms with Crippen molar-refractivity contribution >= 4 is 5.97 Å². The van der Waals surface area contributed by atoms with E-state index in [0.717, 1.165) is 12.8 Å². The van der Waals surface area contributed by atoms with Crippen LogP contribution in [0.3, 0.4) is 0 Å². The molecule has 0 aliphatic heterocycles. The second-order valence-corrected chi connectivity index (χ2v) is 4.49. The molecule has 1 saturated carbocycles. The molecule has 6 heteroatoms. The number of carbonyl (C=O) groups is 1. The molecule has 0 N–H and O–H groups in total. The standard InChI is InChI=1S/C12H16F2N2O2/c1-3-18-12(17)9-6-15-16(10(9)11(13)14)7(2)8-4-5-8/h6-8,11H,3-5H2,1-2H3. The smallest absolute Gasteiger partial charge is 0.341 e. The predicted molar refractivity (Wildman–Crippen MR) is 60.6 cm³/mol. The van der Waals surface area contributed by atoms with Crippen LogP contribution in [0.5, 0.6) is 0 Å². The molecule has 1 atom stereocenters. The summed E-state index contributed by atoms with van der Waals surface area (Å²) in [4.78, 5) is 11.6. The van der Waals surface area contributed by atoms with Gasteiger partial charge in [-0.05, 0) is 32.6 Å². The van der Waals surface area contributed by atoms with Crippen LogP contribution in [0.4, 0.5) is 8.78 Å². The third-order valence-electron chi connectivity index (χ3n) is 3.23. The number of esters is 1. The predicted octanol–water partition coefficient (Wildman–Crippen LogP) is 2.97. The third-order valence-corrected chi connectivity index (χ3v) is 3.23. The number of hydrogen-bond donors (Lipinski definition) is 0. The fourth-order valence-corrected chi connectivity index (χ4v) is 2.06. The third kappa shape index (κ3) is 2.37. The number of halogens is 2. The average Bonchev–Trinajstić information content (AvgIpc) is 3.06. The van der Waals surface area contributed by atoms with Gasteiger partial charge in [0.1, 0.15) is 11.3 Å². The summed E-state index contributed by atoms with van der Waals surface area (Å²) in [6.45, 7) is 3.65. The Kier molecular flexibility index (Phi) is 3.63. The number of hydrogen-bond acceptors (Lipinski definition) is 3. The van der Waals surface area contributed by atoms with Crippen molar-refractivity contribution in [2.24, 2.45) is 5.92 Å². The largest absolute Gasteiger partial charge is 0.462 e. The number of nitrogens with zero attached hydrogens (tertiary/aromatic N) is 2. The van der Waals surface area contributed by atoms with Gasteiger partial charge in [-0.2, -0.15) is 5.10 Å². The highest BCUT2D eigenvalue weighted by atomic mass is 19.3. The zero-order valence-electron chi connectivity index (χ0n) is 10.4. The van der Waals surface area contributed by atoms with Crippen LogP contribution in [0.1, 0.15) is 55.2 Å². The van der Waals surface area contributed by atoms with Gasteiger partial charge in [0.25, 0.3) is 6.43 Å². The normalized spacial score (nSPS) is 16.9. The SMILES string of the molecule is CCOC(=O)c1cnn(C(C)C2CC2)c1C(F)F. The van der Waals surface area contributed by atoms with E-state index in [1.54, 1.807) is 6.92 Å². The molecule has 1 unspecified atom stereocenters. The Morgan fingerprint density at radius 2 is 2.28 bits per heavy atom. The van der Waals surface area contributed by atoms with Gasteiger partial charge in [0.15, 0.2) is 0 Å². The molecular weight excluding hydrogens is 242 g/mol. The summed E-state index contributed by atoms with van der Waals surface area (Å²) in [5.74, 6) is -0.348. The topological polar surface area (TPSA) is 44.1 Å². The summed E-state index contributed by atoms with van der Waals surface area (Å²) in [6, 6.07) is -0.0998. The Morgan fingerprint density at radius 3 is 2.78 bits per heavy atom. The zero-order chi connectivity index (χ0) is 13.3. The molecule has 1 fully saturated rings. The maximum atomic E-state index is 13.1. The molecule has 2 rings (SSSR count). The lowest BCUT2D eigenvalue weighted by molar-refractivity contribution is 0.0513. The van der Waals surface area contributed by atoms with Crippen LogP contribution in [-0.4, -0.2) is 22.4 Å². The lowest BCUT2D eigenvalue weighted by Gasteiger charge is -2.15. The number of aromatic nitrogens is 2. The molecule has 1 aliphatic rings. The van der Waals surface area contributed by atoms with Gasteiger partial charge in [0.05, 0.1) is 18.8 Å². The van der Waals surface area contributed by atoms with Gasteiger partial charge < -0.3 is 4.74 Å².